The van der Waals surface area contributed by atoms with E-state index in [0.717, 1.165) is 16.5 Å². The molecule has 0 fully saturated rings. The molecular formula is C15H10N2O2. The molecule has 4 heteroatoms. The van der Waals surface area contributed by atoms with Crippen LogP contribution in [0.3, 0.4) is 0 Å². The number of aromatic carboxylic acids is 1. The summed E-state index contributed by atoms with van der Waals surface area (Å²) in [5.74, 6) is -1.03. The largest absolute Gasteiger partial charge is 0.477 e. The molecule has 92 valence electrons. The fourth-order valence-electron chi connectivity index (χ4n) is 2.06. The second kappa shape index (κ2) is 4.49. The van der Waals surface area contributed by atoms with Gasteiger partial charge in [0, 0.05) is 17.8 Å². The molecule has 19 heavy (non-hydrogen) atoms. The van der Waals surface area contributed by atoms with Gasteiger partial charge in [-0.25, -0.2) is 9.78 Å². The fourth-order valence-corrected chi connectivity index (χ4v) is 2.06. The molecule has 4 nitrogen and oxygen atoms in total. The first-order chi connectivity index (χ1) is 9.25. The van der Waals surface area contributed by atoms with Gasteiger partial charge < -0.3 is 5.11 Å². The van der Waals surface area contributed by atoms with E-state index in [4.69, 9.17) is 5.11 Å². The van der Waals surface area contributed by atoms with Crippen molar-refractivity contribution in [3.05, 3.63) is 60.6 Å². The molecule has 2 heterocycles. The molecule has 2 aromatic heterocycles. The zero-order chi connectivity index (χ0) is 13.2. The van der Waals surface area contributed by atoms with Gasteiger partial charge in [-0.05, 0) is 35.4 Å². The number of hydrogen-bond donors (Lipinski definition) is 1. The lowest BCUT2D eigenvalue weighted by Gasteiger charge is -2.07. The standard InChI is InChI=1S/C15H10N2O2/c18-15(19)14-9-12(10-5-7-16-8-6-10)11-3-1-2-4-13(11)17-14/h1-9H,(H,18,19). The van der Waals surface area contributed by atoms with E-state index in [1.807, 2.05) is 36.4 Å². The minimum absolute atomic E-state index is 0.0468. The van der Waals surface area contributed by atoms with Crippen molar-refractivity contribution >= 4 is 16.9 Å². The second-order valence-electron chi connectivity index (χ2n) is 4.11. The van der Waals surface area contributed by atoms with Gasteiger partial charge in [-0.3, -0.25) is 4.98 Å². The lowest BCUT2D eigenvalue weighted by Crippen LogP contribution is -2.01. The summed E-state index contributed by atoms with van der Waals surface area (Å²) < 4.78 is 0. The van der Waals surface area contributed by atoms with Crippen molar-refractivity contribution in [1.82, 2.24) is 9.97 Å². The third-order valence-electron chi connectivity index (χ3n) is 2.93. The highest BCUT2D eigenvalue weighted by molar-refractivity contribution is 5.99. The predicted octanol–water partition coefficient (Wildman–Crippen LogP) is 3.00. The minimum atomic E-state index is -1.03. The number of aromatic nitrogens is 2. The monoisotopic (exact) mass is 250 g/mol. The van der Waals surface area contributed by atoms with Crippen LogP contribution >= 0.6 is 0 Å². The van der Waals surface area contributed by atoms with E-state index in [2.05, 4.69) is 9.97 Å². The van der Waals surface area contributed by atoms with Gasteiger partial charge in [0.25, 0.3) is 0 Å². The molecule has 0 atom stereocenters. The van der Waals surface area contributed by atoms with Gasteiger partial charge in [-0.2, -0.15) is 0 Å². The number of fused-ring (bicyclic) bond motifs is 1. The van der Waals surface area contributed by atoms with Crippen molar-refractivity contribution in [3.63, 3.8) is 0 Å². The van der Waals surface area contributed by atoms with Crippen LogP contribution in [0.1, 0.15) is 10.5 Å². The summed E-state index contributed by atoms with van der Waals surface area (Å²) in [5, 5.41) is 10.1. The highest BCUT2D eigenvalue weighted by atomic mass is 16.4. The topological polar surface area (TPSA) is 63.1 Å². The van der Waals surface area contributed by atoms with Gasteiger partial charge in [-0.1, -0.05) is 18.2 Å². The van der Waals surface area contributed by atoms with Gasteiger partial charge in [-0.15, -0.1) is 0 Å². The van der Waals surface area contributed by atoms with Crippen LogP contribution < -0.4 is 0 Å². The molecule has 0 saturated carbocycles. The van der Waals surface area contributed by atoms with Crippen molar-refractivity contribution in [2.75, 3.05) is 0 Å². The zero-order valence-corrected chi connectivity index (χ0v) is 9.95. The molecule has 0 spiro atoms. The number of para-hydroxylation sites is 1. The smallest absolute Gasteiger partial charge is 0.354 e. The average molecular weight is 250 g/mol. The Morgan fingerprint density at radius 3 is 2.53 bits per heavy atom. The number of benzene rings is 1. The number of rotatable bonds is 2. The minimum Gasteiger partial charge on any atom is -0.477 e. The number of carboxylic acid groups (broad SMARTS) is 1. The van der Waals surface area contributed by atoms with E-state index in [0.29, 0.717) is 5.52 Å². The molecule has 0 bridgehead atoms. The molecule has 0 aliphatic rings. The number of pyridine rings is 2. The molecule has 1 N–H and O–H groups in total. The van der Waals surface area contributed by atoms with Gasteiger partial charge in [0.1, 0.15) is 5.69 Å². The van der Waals surface area contributed by atoms with Gasteiger partial charge in [0.2, 0.25) is 0 Å². The Labute approximate surface area is 109 Å². The highest BCUT2D eigenvalue weighted by Gasteiger charge is 2.11. The zero-order valence-electron chi connectivity index (χ0n) is 9.95. The fraction of sp³-hybridized carbons (Fsp3) is 0. The summed E-state index contributed by atoms with van der Waals surface area (Å²) in [5.41, 5.74) is 2.50. The maximum Gasteiger partial charge on any atom is 0.354 e. The SMILES string of the molecule is O=C(O)c1cc(-c2ccncc2)c2ccccc2n1. The molecule has 3 rings (SSSR count). The van der Waals surface area contributed by atoms with E-state index in [1.165, 1.54) is 0 Å². The predicted molar refractivity (Wildman–Crippen MR) is 71.9 cm³/mol. The van der Waals surface area contributed by atoms with E-state index in [-0.39, 0.29) is 5.69 Å². The van der Waals surface area contributed by atoms with Crippen molar-refractivity contribution in [3.8, 4) is 11.1 Å². The van der Waals surface area contributed by atoms with Crippen LogP contribution in [-0.2, 0) is 0 Å². The van der Waals surface area contributed by atoms with Crippen LogP contribution in [0.2, 0.25) is 0 Å². The van der Waals surface area contributed by atoms with Crippen LogP contribution in [0, 0.1) is 0 Å². The molecule has 0 amide bonds. The molecule has 0 saturated heterocycles. The summed E-state index contributed by atoms with van der Waals surface area (Å²) in [6.07, 6.45) is 3.37. The van der Waals surface area contributed by atoms with Gasteiger partial charge in [0.05, 0.1) is 5.52 Å². The number of nitrogens with zero attached hydrogens (tertiary/aromatic N) is 2. The summed E-state index contributed by atoms with van der Waals surface area (Å²) in [7, 11) is 0. The normalized spacial score (nSPS) is 10.5. The maximum atomic E-state index is 11.2. The number of carboxylic acids is 1. The molecule has 0 aliphatic carbocycles. The first-order valence-corrected chi connectivity index (χ1v) is 5.79. The maximum absolute atomic E-state index is 11.2. The molecule has 0 aliphatic heterocycles. The van der Waals surface area contributed by atoms with Crippen LogP contribution in [0.4, 0.5) is 0 Å². The van der Waals surface area contributed by atoms with E-state index < -0.39 is 5.97 Å². The first-order valence-electron chi connectivity index (χ1n) is 5.79. The van der Waals surface area contributed by atoms with E-state index >= 15 is 0 Å². The van der Waals surface area contributed by atoms with Crippen molar-refractivity contribution in [1.29, 1.82) is 0 Å². The quantitative estimate of drug-likeness (QED) is 0.759. The molecule has 3 aromatic rings. The number of hydrogen-bond acceptors (Lipinski definition) is 3. The Bertz CT molecular complexity index is 754. The van der Waals surface area contributed by atoms with E-state index in [9.17, 15) is 4.79 Å². The van der Waals surface area contributed by atoms with E-state index in [1.54, 1.807) is 18.5 Å². The number of carbonyl (C=O) groups is 1. The lowest BCUT2D eigenvalue weighted by atomic mass is 10.0. The van der Waals surface area contributed by atoms with Crippen LogP contribution in [0.5, 0.6) is 0 Å². The van der Waals surface area contributed by atoms with Gasteiger partial charge in [0.15, 0.2) is 0 Å². The van der Waals surface area contributed by atoms with Crippen LogP contribution in [0.15, 0.2) is 54.9 Å². The highest BCUT2D eigenvalue weighted by Crippen LogP contribution is 2.28. The Balaban J connectivity index is 2.36. The summed E-state index contributed by atoms with van der Waals surface area (Å²) in [6.45, 7) is 0. The molecule has 1 aromatic carbocycles. The molecule has 0 unspecified atom stereocenters. The van der Waals surface area contributed by atoms with Crippen molar-refractivity contribution in [2.24, 2.45) is 0 Å². The van der Waals surface area contributed by atoms with Crippen molar-refractivity contribution in [2.45, 2.75) is 0 Å². The van der Waals surface area contributed by atoms with Gasteiger partial charge >= 0.3 is 5.97 Å². The van der Waals surface area contributed by atoms with Crippen LogP contribution in [-0.4, -0.2) is 21.0 Å². The second-order valence-corrected chi connectivity index (χ2v) is 4.11. The summed E-state index contributed by atoms with van der Waals surface area (Å²) in [4.78, 5) is 19.3. The average Bonchev–Trinajstić information content (AvgIpc) is 2.47. The lowest BCUT2D eigenvalue weighted by molar-refractivity contribution is 0.0691. The van der Waals surface area contributed by atoms with Crippen LogP contribution in [0.25, 0.3) is 22.0 Å². The Morgan fingerprint density at radius 2 is 1.79 bits per heavy atom. The first kappa shape index (κ1) is 11.3. The Hall–Kier alpha value is -2.75. The molecular weight excluding hydrogens is 240 g/mol. The summed E-state index contributed by atoms with van der Waals surface area (Å²) >= 11 is 0. The Kier molecular flexibility index (Phi) is 2.68. The van der Waals surface area contributed by atoms with Crippen molar-refractivity contribution < 1.29 is 9.90 Å². The Morgan fingerprint density at radius 1 is 1.05 bits per heavy atom. The third-order valence-corrected chi connectivity index (χ3v) is 2.93. The third kappa shape index (κ3) is 2.04. The summed E-state index contributed by atoms with van der Waals surface area (Å²) in [6, 6.07) is 12.8. The molecule has 0 radical (unpaired) electrons.